The minimum Gasteiger partial charge on any atom is -0.451 e. The first-order valence-corrected chi connectivity index (χ1v) is 8.61. The molecule has 2 atom stereocenters. The summed E-state index contributed by atoms with van der Waals surface area (Å²) in [5.74, 6) is 0.932. The van der Waals surface area contributed by atoms with Crippen molar-refractivity contribution >= 4 is 32.8 Å². The summed E-state index contributed by atoms with van der Waals surface area (Å²) in [7, 11) is 0. The van der Waals surface area contributed by atoms with Gasteiger partial charge in [-0.2, -0.15) is 0 Å². The molecular weight excluding hydrogens is 330 g/mol. The molecule has 0 saturated heterocycles. The Morgan fingerprint density at radius 2 is 2.29 bits per heavy atom. The van der Waals surface area contributed by atoms with Crippen LogP contribution < -0.4 is 5.32 Å². The Balaban J connectivity index is 1.81. The van der Waals surface area contributed by atoms with Gasteiger partial charge >= 0.3 is 0 Å². The predicted octanol–water partition coefficient (Wildman–Crippen LogP) is 4.51. The van der Waals surface area contributed by atoms with Crippen molar-refractivity contribution in [1.82, 2.24) is 5.32 Å². The molecule has 1 fully saturated rings. The van der Waals surface area contributed by atoms with Crippen molar-refractivity contribution in [2.45, 2.75) is 38.1 Å². The topological polar surface area (TPSA) is 42.2 Å². The molecule has 4 heteroatoms. The molecule has 0 spiro atoms. The van der Waals surface area contributed by atoms with Gasteiger partial charge in [-0.25, -0.2) is 0 Å². The Bertz CT molecular complexity index is 618. The van der Waals surface area contributed by atoms with E-state index in [1.165, 1.54) is 6.42 Å². The quantitative estimate of drug-likeness (QED) is 0.828. The third-order valence-corrected chi connectivity index (χ3v) is 5.45. The standard InChI is InChI=1S/C17H20BrNO2/c1-12-5-4-8-17(10-12,11-18)19-16(20)15-9-13-6-2-3-7-14(13)21-15/h2-3,6-7,9,12H,4-5,8,10-11H2,1H3,(H,19,20). The number of fused-ring (bicyclic) bond motifs is 1. The highest BCUT2D eigenvalue weighted by Crippen LogP contribution is 2.34. The Morgan fingerprint density at radius 3 is 3.00 bits per heavy atom. The molecule has 3 nitrogen and oxygen atoms in total. The summed E-state index contributed by atoms with van der Waals surface area (Å²) in [6, 6.07) is 9.52. The maximum atomic E-state index is 12.5. The van der Waals surface area contributed by atoms with Gasteiger partial charge in [-0.15, -0.1) is 0 Å². The molecule has 0 aliphatic heterocycles. The zero-order valence-corrected chi connectivity index (χ0v) is 13.8. The second-order valence-electron chi connectivity index (χ2n) is 6.22. The summed E-state index contributed by atoms with van der Waals surface area (Å²) in [5, 5.41) is 4.96. The highest BCUT2D eigenvalue weighted by atomic mass is 79.9. The molecule has 1 aromatic heterocycles. The van der Waals surface area contributed by atoms with Crippen LogP contribution in [0.15, 0.2) is 34.7 Å². The molecule has 1 N–H and O–H groups in total. The first-order chi connectivity index (χ1) is 10.1. The third kappa shape index (κ3) is 3.00. The van der Waals surface area contributed by atoms with Crippen LogP contribution in [0.3, 0.4) is 0 Å². The van der Waals surface area contributed by atoms with Gasteiger partial charge in [0.15, 0.2) is 5.76 Å². The van der Waals surface area contributed by atoms with E-state index in [-0.39, 0.29) is 11.4 Å². The number of carbonyl (C=O) groups excluding carboxylic acids is 1. The smallest absolute Gasteiger partial charge is 0.287 e. The molecule has 1 aliphatic rings. The van der Waals surface area contributed by atoms with Gasteiger partial charge in [0.1, 0.15) is 5.58 Å². The van der Waals surface area contributed by atoms with Crippen molar-refractivity contribution in [3.63, 3.8) is 0 Å². The Hall–Kier alpha value is -1.29. The Morgan fingerprint density at radius 1 is 1.48 bits per heavy atom. The number of carbonyl (C=O) groups is 1. The third-order valence-electron chi connectivity index (χ3n) is 4.38. The van der Waals surface area contributed by atoms with E-state index in [1.807, 2.05) is 30.3 Å². The molecule has 0 radical (unpaired) electrons. The van der Waals surface area contributed by atoms with Crippen molar-refractivity contribution in [3.8, 4) is 0 Å². The molecule has 0 bridgehead atoms. The number of rotatable bonds is 3. The first kappa shape index (κ1) is 14.6. The van der Waals surface area contributed by atoms with E-state index in [0.29, 0.717) is 11.7 Å². The minimum absolute atomic E-state index is 0.111. The van der Waals surface area contributed by atoms with E-state index in [4.69, 9.17) is 4.42 Å². The van der Waals surface area contributed by atoms with Gasteiger partial charge in [-0.05, 0) is 30.9 Å². The average Bonchev–Trinajstić information content (AvgIpc) is 2.91. The predicted molar refractivity (Wildman–Crippen MR) is 87.8 cm³/mol. The summed E-state index contributed by atoms with van der Waals surface area (Å²) < 4.78 is 5.66. The number of para-hydroxylation sites is 1. The van der Waals surface area contributed by atoms with E-state index in [9.17, 15) is 4.79 Å². The lowest BCUT2D eigenvalue weighted by atomic mass is 9.77. The molecule has 2 unspecified atom stereocenters. The van der Waals surface area contributed by atoms with Crippen molar-refractivity contribution in [3.05, 3.63) is 36.1 Å². The molecule has 1 heterocycles. The Labute approximate surface area is 133 Å². The zero-order chi connectivity index (χ0) is 14.9. The number of benzene rings is 1. The summed E-state index contributed by atoms with van der Waals surface area (Å²) >= 11 is 3.59. The van der Waals surface area contributed by atoms with Crippen LogP contribution in [-0.2, 0) is 0 Å². The van der Waals surface area contributed by atoms with Crippen molar-refractivity contribution < 1.29 is 9.21 Å². The summed E-state index contributed by atoms with van der Waals surface area (Å²) in [5.41, 5.74) is 0.612. The lowest BCUT2D eigenvalue weighted by Crippen LogP contribution is -2.52. The fraction of sp³-hybridized carbons (Fsp3) is 0.471. The largest absolute Gasteiger partial charge is 0.451 e. The van der Waals surface area contributed by atoms with Crippen molar-refractivity contribution in [1.29, 1.82) is 0 Å². The lowest BCUT2D eigenvalue weighted by Gasteiger charge is -2.39. The fourth-order valence-corrected chi connectivity index (χ4v) is 3.97. The number of amides is 1. The molecule has 1 aromatic carbocycles. The molecule has 3 rings (SSSR count). The van der Waals surface area contributed by atoms with Gasteiger partial charge in [0.05, 0.1) is 5.54 Å². The number of hydrogen-bond acceptors (Lipinski definition) is 2. The zero-order valence-electron chi connectivity index (χ0n) is 12.2. The van der Waals surface area contributed by atoms with Crippen LogP contribution >= 0.6 is 15.9 Å². The molecule has 21 heavy (non-hydrogen) atoms. The number of hydrogen-bond donors (Lipinski definition) is 1. The maximum absolute atomic E-state index is 12.5. The summed E-state index contributed by atoms with van der Waals surface area (Å²) in [6.45, 7) is 2.25. The number of furan rings is 1. The number of halogens is 1. The van der Waals surface area contributed by atoms with E-state index >= 15 is 0 Å². The van der Waals surface area contributed by atoms with Crippen LogP contribution in [0.25, 0.3) is 11.0 Å². The highest BCUT2D eigenvalue weighted by molar-refractivity contribution is 9.09. The van der Waals surface area contributed by atoms with E-state index in [0.717, 1.165) is 35.6 Å². The number of alkyl halides is 1. The van der Waals surface area contributed by atoms with Gasteiger partial charge in [-0.1, -0.05) is 53.9 Å². The van der Waals surface area contributed by atoms with Crippen LogP contribution in [0.5, 0.6) is 0 Å². The monoisotopic (exact) mass is 349 g/mol. The number of nitrogens with one attached hydrogen (secondary N) is 1. The van der Waals surface area contributed by atoms with Crippen LogP contribution in [0, 0.1) is 5.92 Å². The second-order valence-corrected chi connectivity index (χ2v) is 6.78. The minimum atomic E-state index is -0.145. The van der Waals surface area contributed by atoms with Gasteiger partial charge in [0.2, 0.25) is 0 Å². The highest BCUT2D eigenvalue weighted by Gasteiger charge is 2.36. The normalized spacial score (nSPS) is 25.9. The van der Waals surface area contributed by atoms with Gasteiger partial charge in [0.25, 0.3) is 5.91 Å². The first-order valence-electron chi connectivity index (χ1n) is 7.49. The SMILES string of the molecule is CC1CCCC(CBr)(NC(=O)c2cc3ccccc3o2)C1. The fourth-order valence-electron chi connectivity index (χ4n) is 3.32. The molecule has 1 amide bonds. The van der Waals surface area contributed by atoms with E-state index in [2.05, 4.69) is 28.2 Å². The van der Waals surface area contributed by atoms with Crippen LogP contribution in [0.2, 0.25) is 0 Å². The van der Waals surface area contributed by atoms with Gasteiger partial charge in [0, 0.05) is 10.7 Å². The van der Waals surface area contributed by atoms with Crippen molar-refractivity contribution in [2.75, 3.05) is 5.33 Å². The van der Waals surface area contributed by atoms with Crippen LogP contribution in [0.1, 0.15) is 43.2 Å². The van der Waals surface area contributed by atoms with Gasteiger partial charge < -0.3 is 9.73 Å². The molecule has 1 aliphatic carbocycles. The van der Waals surface area contributed by atoms with E-state index in [1.54, 1.807) is 0 Å². The second kappa shape index (κ2) is 5.84. The lowest BCUT2D eigenvalue weighted by molar-refractivity contribution is 0.0843. The van der Waals surface area contributed by atoms with E-state index < -0.39 is 0 Å². The Kier molecular flexibility index (Phi) is 4.07. The summed E-state index contributed by atoms with van der Waals surface area (Å²) in [6.07, 6.45) is 4.45. The average molecular weight is 350 g/mol. The summed E-state index contributed by atoms with van der Waals surface area (Å²) in [4.78, 5) is 12.5. The molecule has 112 valence electrons. The molecule has 1 saturated carbocycles. The molecular formula is C17H20BrNO2. The van der Waals surface area contributed by atoms with Crippen molar-refractivity contribution in [2.24, 2.45) is 5.92 Å². The molecule has 2 aromatic rings. The van der Waals surface area contributed by atoms with Crippen LogP contribution in [0.4, 0.5) is 0 Å². The maximum Gasteiger partial charge on any atom is 0.287 e. The van der Waals surface area contributed by atoms with Crippen LogP contribution in [-0.4, -0.2) is 16.8 Å². The van der Waals surface area contributed by atoms with Gasteiger partial charge in [-0.3, -0.25) is 4.79 Å².